The van der Waals surface area contributed by atoms with Gasteiger partial charge in [-0.25, -0.2) is 9.59 Å². The molecule has 0 aliphatic heterocycles. The smallest absolute Gasteiger partial charge is 0.330 e. The molecule has 0 radical (unpaired) electrons. The molecule has 0 unspecified atom stereocenters. The molecule has 0 saturated carbocycles. The summed E-state index contributed by atoms with van der Waals surface area (Å²) in [6.45, 7) is 7.64. The van der Waals surface area contributed by atoms with E-state index in [1.54, 1.807) is 0 Å². The second kappa shape index (κ2) is 14.7. The van der Waals surface area contributed by atoms with E-state index < -0.39 is 0 Å². The van der Waals surface area contributed by atoms with Gasteiger partial charge in [-0.2, -0.15) is 0 Å². The van der Waals surface area contributed by atoms with Gasteiger partial charge >= 0.3 is 11.9 Å². The van der Waals surface area contributed by atoms with Crippen molar-refractivity contribution >= 4 is 11.9 Å². The number of carbonyl (C=O) groups excluding carboxylic acids is 2. The predicted octanol–water partition coefficient (Wildman–Crippen LogP) is 5.03. The van der Waals surface area contributed by atoms with Crippen molar-refractivity contribution < 1.29 is 19.1 Å². The van der Waals surface area contributed by atoms with E-state index in [2.05, 4.69) is 35.3 Å². The number of pyridine rings is 2. The molecule has 0 amide bonds. The molecule has 170 valence electrons. The van der Waals surface area contributed by atoms with Crippen LogP contribution >= 0.6 is 0 Å². The van der Waals surface area contributed by atoms with Crippen molar-refractivity contribution in [3.05, 3.63) is 73.1 Å². The lowest BCUT2D eigenvalue weighted by atomic mass is 10.0. The first kappa shape index (κ1) is 25.0. The van der Waals surface area contributed by atoms with Gasteiger partial charge in [0.2, 0.25) is 0 Å². The Labute approximate surface area is 190 Å². The molecule has 0 spiro atoms. The van der Waals surface area contributed by atoms with Crippen LogP contribution in [-0.4, -0.2) is 35.1 Å². The minimum Gasteiger partial charge on any atom is -0.463 e. The van der Waals surface area contributed by atoms with E-state index in [1.165, 1.54) is 23.3 Å². The van der Waals surface area contributed by atoms with Gasteiger partial charge in [-0.1, -0.05) is 13.2 Å². The number of aryl methyl sites for hydroxylation is 2. The Hall–Kier alpha value is -3.28. The van der Waals surface area contributed by atoms with Crippen LogP contribution in [0.4, 0.5) is 0 Å². The standard InChI is InChI=1S/C26H32N2O4/c1-3-25(29)31-17-9-5-7-11-21-13-15-27-23(19-21)24-20-22(14-16-28-24)12-8-6-10-18-32-26(30)4-2/h3-4,13-16,19-20H,1-2,5-12,17-18H2. The normalized spacial score (nSPS) is 10.4. The van der Waals surface area contributed by atoms with Crippen LogP contribution < -0.4 is 0 Å². The van der Waals surface area contributed by atoms with Gasteiger partial charge in [0.05, 0.1) is 24.6 Å². The SMILES string of the molecule is C=CC(=O)OCCCCCc1ccnc(-c2cc(CCCCCOC(=O)C=C)ccn2)c1. The fourth-order valence-electron chi connectivity index (χ4n) is 3.22. The summed E-state index contributed by atoms with van der Waals surface area (Å²) in [5, 5.41) is 0. The molecular formula is C26H32N2O4. The zero-order chi connectivity index (χ0) is 23.0. The van der Waals surface area contributed by atoms with Crippen LogP contribution in [0.2, 0.25) is 0 Å². The number of esters is 2. The highest BCUT2D eigenvalue weighted by molar-refractivity contribution is 5.81. The van der Waals surface area contributed by atoms with Crippen molar-refractivity contribution in [2.45, 2.75) is 51.4 Å². The molecule has 6 nitrogen and oxygen atoms in total. The molecule has 0 aromatic carbocycles. The highest BCUT2D eigenvalue weighted by Gasteiger charge is 2.05. The zero-order valence-electron chi connectivity index (χ0n) is 18.6. The van der Waals surface area contributed by atoms with Crippen LogP contribution in [0, 0.1) is 0 Å². The molecule has 0 saturated heterocycles. The van der Waals surface area contributed by atoms with Crippen molar-refractivity contribution in [3.63, 3.8) is 0 Å². The first-order valence-corrected chi connectivity index (χ1v) is 11.1. The van der Waals surface area contributed by atoms with Crippen molar-refractivity contribution in [1.29, 1.82) is 0 Å². The Bertz CT molecular complexity index is 821. The number of rotatable bonds is 15. The molecular weight excluding hydrogens is 404 g/mol. The highest BCUT2D eigenvalue weighted by Crippen LogP contribution is 2.19. The summed E-state index contributed by atoms with van der Waals surface area (Å²) < 4.78 is 9.99. The molecule has 2 aromatic rings. The molecule has 0 atom stereocenters. The maximum absolute atomic E-state index is 11.0. The van der Waals surface area contributed by atoms with E-state index in [0.29, 0.717) is 13.2 Å². The van der Waals surface area contributed by atoms with Crippen LogP contribution in [0.15, 0.2) is 62.0 Å². The van der Waals surface area contributed by atoms with Gasteiger partial charge in [-0.15, -0.1) is 0 Å². The lowest BCUT2D eigenvalue weighted by molar-refractivity contribution is -0.138. The van der Waals surface area contributed by atoms with Crippen molar-refractivity contribution in [3.8, 4) is 11.4 Å². The van der Waals surface area contributed by atoms with Crippen molar-refractivity contribution in [2.75, 3.05) is 13.2 Å². The molecule has 0 N–H and O–H groups in total. The second-order valence-electron chi connectivity index (χ2n) is 7.46. The molecule has 0 fully saturated rings. The molecule has 6 heteroatoms. The Morgan fingerprint density at radius 2 is 1.16 bits per heavy atom. The van der Waals surface area contributed by atoms with E-state index in [0.717, 1.165) is 62.8 Å². The summed E-state index contributed by atoms with van der Waals surface area (Å²) in [7, 11) is 0. The lowest BCUT2D eigenvalue weighted by Gasteiger charge is -2.07. The van der Waals surface area contributed by atoms with Gasteiger partial charge in [-0.3, -0.25) is 9.97 Å². The van der Waals surface area contributed by atoms with Gasteiger partial charge in [0.15, 0.2) is 0 Å². The van der Waals surface area contributed by atoms with Crippen LogP contribution in [-0.2, 0) is 31.9 Å². The quantitative estimate of drug-likeness (QED) is 0.221. The van der Waals surface area contributed by atoms with Crippen LogP contribution in [0.1, 0.15) is 49.7 Å². The summed E-state index contributed by atoms with van der Waals surface area (Å²) in [6.07, 6.45) is 13.6. The number of ether oxygens (including phenoxy) is 2. The molecule has 0 aliphatic carbocycles. The number of unbranched alkanes of at least 4 members (excludes halogenated alkanes) is 4. The van der Waals surface area contributed by atoms with E-state index in [1.807, 2.05) is 24.5 Å². The average molecular weight is 437 g/mol. The van der Waals surface area contributed by atoms with Gasteiger partial charge in [-0.05, 0) is 86.8 Å². The molecule has 0 aliphatic rings. The van der Waals surface area contributed by atoms with Crippen LogP contribution in [0.25, 0.3) is 11.4 Å². The maximum Gasteiger partial charge on any atom is 0.330 e. The van der Waals surface area contributed by atoms with E-state index in [9.17, 15) is 9.59 Å². The van der Waals surface area contributed by atoms with Gasteiger partial charge < -0.3 is 9.47 Å². The molecule has 2 aromatic heterocycles. The summed E-state index contributed by atoms with van der Waals surface area (Å²) >= 11 is 0. The largest absolute Gasteiger partial charge is 0.463 e. The Balaban J connectivity index is 1.77. The maximum atomic E-state index is 11.0. The first-order valence-electron chi connectivity index (χ1n) is 11.1. The Morgan fingerprint density at radius 3 is 1.56 bits per heavy atom. The number of hydrogen-bond acceptors (Lipinski definition) is 6. The highest BCUT2D eigenvalue weighted by atomic mass is 16.5. The number of carbonyl (C=O) groups is 2. The third-order valence-electron chi connectivity index (χ3n) is 4.95. The Kier molecular flexibility index (Phi) is 11.5. The van der Waals surface area contributed by atoms with Crippen molar-refractivity contribution in [1.82, 2.24) is 9.97 Å². The minimum absolute atomic E-state index is 0.368. The molecule has 0 bridgehead atoms. The van der Waals surface area contributed by atoms with Gasteiger partial charge in [0.1, 0.15) is 0 Å². The zero-order valence-corrected chi connectivity index (χ0v) is 18.6. The fourth-order valence-corrected chi connectivity index (χ4v) is 3.22. The Morgan fingerprint density at radius 1 is 0.719 bits per heavy atom. The van der Waals surface area contributed by atoms with E-state index in [-0.39, 0.29) is 11.9 Å². The lowest BCUT2D eigenvalue weighted by Crippen LogP contribution is -2.02. The monoisotopic (exact) mass is 436 g/mol. The number of nitrogens with zero attached hydrogens (tertiary/aromatic N) is 2. The molecule has 2 heterocycles. The first-order chi connectivity index (χ1) is 15.6. The topological polar surface area (TPSA) is 78.4 Å². The third-order valence-corrected chi connectivity index (χ3v) is 4.95. The minimum atomic E-state index is -0.368. The van der Waals surface area contributed by atoms with Gasteiger partial charge in [0, 0.05) is 24.5 Å². The van der Waals surface area contributed by atoms with Gasteiger partial charge in [0.25, 0.3) is 0 Å². The molecule has 32 heavy (non-hydrogen) atoms. The second-order valence-corrected chi connectivity index (χ2v) is 7.46. The summed E-state index contributed by atoms with van der Waals surface area (Å²) in [4.78, 5) is 31.0. The van der Waals surface area contributed by atoms with E-state index in [4.69, 9.17) is 9.47 Å². The number of aromatic nitrogens is 2. The van der Waals surface area contributed by atoms with Crippen LogP contribution in [0.3, 0.4) is 0 Å². The fraction of sp³-hybridized carbons (Fsp3) is 0.385. The summed E-state index contributed by atoms with van der Waals surface area (Å²) in [5.74, 6) is -0.736. The summed E-state index contributed by atoms with van der Waals surface area (Å²) in [6, 6.07) is 8.25. The third kappa shape index (κ3) is 9.69. The average Bonchev–Trinajstić information content (AvgIpc) is 2.83. The predicted molar refractivity (Wildman–Crippen MR) is 125 cm³/mol. The van der Waals surface area contributed by atoms with Crippen LogP contribution in [0.5, 0.6) is 0 Å². The number of hydrogen-bond donors (Lipinski definition) is 0. The summed E-state index contributed by atoms with van der Waals surface area (Å²) in [5.41, 5.74) is 4.19. The molecule has 2 rings (SSSR count). The van der Waals surface area contributed by atoms with E-state index >= 15 is 0 Å². The van der Waals surface area contributed by atoms with Crippen molar-refractivity contribution in [2.24, 2.45) is 0 Å².